The minimum absolute atomic E-state index is 0.0394. The zero-order valence-corrected chi connectivity index (χ0v) is 17.2. The Labute approximate surface area is 173 Å². The van der Waals surface area contributed by atoms with E-state index in [4.69, 9.17) is 4.74 Å². The normalized spacial score (nSPS) is 33.7. The van der Waals surface area contributed by atoms with Crippen molar-refractivity contribution in [3.8, 4) is 0 Å². The Kier molecular flexibility index (Phi) is 5.10. The number of hydrogen-bond donors (Lipinski definition) is 0. The molecule has 1 aromatic rings. The van der Waals surface area contributed by atoms with Crippen LogP contribution in [0.25, 0.3) is 0 Å². The molecular formula is C24H32N2O3. The fourth-order valence-electron chi connectivity index (χ4n) is 6.73. The van der Waals surface area contributed by atoms with E-state index in [1.165, 1.54) is 24.8 Å². The van der Waals surface area contributed by atoms with Crippen molar-refractivity contribution >= 4 is 11.9 Å². The summed E-state index contributed by atoms with van der Waals surface area (Å²) in [5.74, 6) is 2.00. The molecule has 5 fully saturated rings. The van der Waals surface area contributed by atoms with E-state index < -0.39 is 0 Å². The molecule has 4 aliphatic carbocycles. The summed E-state index contributed by atoms with van der Waals surface area (Å²) < 4.78 is 5.62. The average molecular weight is 397 g/mol. The van der Waals surface area contributed by atoms with Gasteiger partial charge in [0.05, 0.1) is 5.41 Å². The molecule has 1 aromatic carbocycles. The average Bonchev–Trinajstić information content (AvgIpc) is 2.72. The van der Waals surface area contributed by atoms with Crippen LogP contribution in [0.3, 0.4) is 0 Å². The Morgan fingerprint density at radius 3 is 2.07 bits per heavy atom. The summed E-state index contributed by atoms with van der Waals surface area (Å²) in [7, 11) is 0. The van der Waals surface area contributed by atoms with Gasteiger partial charge in [0, 0.05) is 32.7 Å². The van der Waals surface area contributed by atoms with Gasteiger partial charge in [-0.1, -0.05) is 30.3 Å². The number of benzene rings is 1. The summed E-state index contributed by atoms with van der Waals surface area (Å²) in [6, 6.07) is 10.4. The summed E-state index contributed by atoms with van der Waals surface area (Å²) in [6.07, 6.45) is 6.88. The first-order valence-electron chi connectivity index (χ1n) is 11.3. The molecule has 29 heavy (non-hydrogen) atoms. The first kappa shape index (κ1) is 19.1. The van der Waals surface area contributed by atoms with E-state index in [-0.39, 0.29) is 23.9 Å². The molecule has 5 heteroatoms. The van der Waals surface area contributed by atoms with E-state index in [1.54, 1.807) is 0 Å². The maximum atomic E-state index is 12.9. The predicted molar refractivity (Wildman–Crippen MR) is 110 cm³/mol. The van der Waals surface area contributed by atoms with Crippen LogP contribution in [0.15, 0.2) is 30.3 Å². The van der Waals surface area contributed by atoms with Gasteiger partial charge in [-0.15, -0.1) is 0 Å². The fraction of sp³-hybridized carbons (Fsp3) is 0.667. The Balaban J connectivity index is 1.09. The van der Waals surface area contributed by atoms with E-state index >= 15 is 0 Å². The minimum Gasteiger partial charge on any atom is -0.455 e. The number of esters is 1. The Bertz CT molecular complexity index is 719. The van der Waals surface area contributed by atoms with Crippen molar-refractivity contribution < 1.29 is 14.3 Å². The zero-order valence-electron chi connectivity index (χ0n) is 17.2. The number of piperazine rings is 1. The lowest BCUT2D eigenvalue weighted by Crippen LogP contribution is -2.52. The third-order valence-corrected chi connectivity index (χ3v) is 7.77. The molecule has 0 aromatic heterocycles. The summed E-state index contributed by atoms with van der Waals surface area (Å²) >= 11 is 0. The molecule has 5 nitrogen and oxygen atoms in total. The highest BCUT2D eigenvalue weighted by molar-refractivity contribution is 5.83. The van der Waals surface area contributed by atoms with Crippen LogP contribution in [-0.4, -0.2) is 54.5 Å². The quantitative estimate of drug-likeness (QED) is 0.718. The summed E-state index contributed by atoms with van der Waals surface area (Å²) in [5.41, 5.74) is 1.03. The number of carbonyl (C=O) groups excluding carboxylic acids is 2. The molecule has 0 spiro atoms. The molecule has 4 saturated carbocycles. The SMILES string of the molecule is O=C(COC(=O)C12CC3CC(CC(C3)C1)C2)N1CCN(Cc2ccccc2)CC1. The molecular weight excluding hydrogens is 364 g/mol. The molecule has 1 saturated heterocycles. The van der Waals surface area contributed by atoms with Gasteiger partial charge in [0.1, 0.15) is 0 Å². The Morgan fingerprint density at radius 2 is 1.48 bits per heavy atom. The summed E-state index contributed by atoms with van der Waals surface area (Å²) in [6.45, 7) is 3.98. The molecule has 156 valence electrons. The lowest BCUT2D eigenvalue weighted by atomic mass is 9.49. The Hall–Kier alpha value is -1.88. The van der Waals surface area contributed by atoms with Gasteiger partial charge in [-0.25, -0.2) is 0 Å². The van der Waals surface area contributed by atoms with E-state index in [9.17, 15) is 9.59 Å². The number of hydrogen-bond acceptors (Lipinski definition) is 4. The van der Waals surface area contributed by atoms with Gasteiger partial charge in [0.15, 0.2) is 6.61 Å². The lowest BCUT2D eigenvalue weighted by molar-refractivity contribution is -0.174. The second kappa shape index (κ2) is 7.75. The zero-order chi connectivity index (χ0) is 19.8. The highest BCUT2D eigenvalue weighted by Crippen LogP contribution is 2.60. The number of nitrogens with zero attached hydrogens (tertiary/aromatic N) is 2. The molecule has 1 aliphatic heterocycles. The standard InChI is InChI=1S/C24H32N2O3/c27-22(26-8-6-25(7-9-26)16-18-4-2-1-3-5-18)17-29-23(28)24-13-19-10-20(14-24)12-21(11-19)15-24/h1-5,19-21H,6-17H2. The second-order valence-corrected chi connectivity index (χ2v) is 9.92. The maximum Gasteiger partial charge on any atom is 0.312 e. The molecule has 4 bridgehead atoms. The lowest BCUT2D eigenvalue weighted by Gasteiger charge is -2.55. The van der Waals surface area contributed by atoms with Gasteiger partial charge >= 0.3 is 5.97 Å². The van der Waals surface area contributed by atoms with Crippen LogP contribution in [0.4, 0.5) is 0 Å². The third kappa shape index (κ3) is 3.94. The van der Waals surface area contributed by atoms with Crippen molar-refractivity contribution in [2.75, 3.05) is 32.8 Å². The van der Waals surface area contributed by atoms with Crippen molar-refractivity contribution in [3.05, 3.63) is 35.9 Å². The molecule has 1 heterocycles. The molecule has 0 radical (unpaired) electrons. The van der Waals surface area contributed by atoms with Crippen LogP contribution in [0.1, 0.15) is 44.1 Å². The minimum atomic E-state index is -0.274. The molecule has 0 N–H and O–H groups in total. The molecule has 1 amide bonds. The first-order valence-corrected chi connectivity index (χ1v) is 11.3. The van der Waals surface area contributed by atoms with Crippen molar-refractivity contribution in [2.45, 2.75) is 45.1 Å². The van der Waals surface area contributed by atoms with E-state index in [1.807, 2.05) is 11.0 Å². The van der Waals surface area contributed by atoms with Gasteiger partial charge in [-0.2, -0.15) is 0 Å². The van der Waals surface area contributed by atoms with Crippen LogP contribution in [0.5, 0.6) is 0 Å². The smallest absolute Gasteiger partial charge is 0.312 e. The number of amides is 1. The largest absolute Gasteiger partial charge is 0.455 e. The predicted octanol–water partition coefficient (Wildman–Crippen LogP) is 3.09. The van der Waals surface area contributed by atoms with Crippen molar-refractivity contribution in [1.82, 2.24) is 9.80 Å². The van der Waals surface area contributed by atoms with E-state index in [0.717, 1.165) is 38.9 Å². The van der Waals surface area contributed by atoms with Gasteiger partial charge in [0.2, 0.25) is 0 Å². The van der Waals surface area contributed by atoms with E-state index in [2.05, 4.69) is 29.2 Å². The van der Waals surface area contributed by atoms with Crippen LogP contribution in [-0.2, 0) is 20.9 Å². The van der Waals surface area contributed by atoms with Crippen LogP contribution in [0, 0.1) is 23.2 Å². The molecule has 0 unspecified atom stereocenters. The summed E-state index contributed by atoms with van der Waals surface area (Å²) in [5, 5.41) is 0. The van der Waals surface area contributed by atoms with Crippen LogP contribution in [0.2, 0.25) is 0 Å². The van der Waals surface area contributed by atoms with Crippen molar-refractivity contribution in [2.24, 2.45) is 23.2 Å². The number of ether oxygens (including phenoxy) is 1. The summed E-state index contributed by atoms with van der Waals surface area (Å²) in [4.78, 5) is 29.8. The topological polar surface area (TPSA) is 49.9 Å². The fourth-order valence-corrected chi connectivity index (χ4v) is 6.73. The van der Waals surface area contributed by atoms with Gasteiger partial charge < -0.3 is 9.64 Å². The van der Waals surface area contributed by atoms with Gasteiger partial charge in [-0.05, 0) is 61.8 Å². The second-order valence-electron chi connectivity index (χ2n) is 9.92. The monoisotopic (exact) mass is 396 g/mol. The Morgan fingerprint density at radius 1 is 0.897 bits per heavy atom. The van der Waals surface area contributed by atoms with E-state index in [0.29, 0.717) is 30.8 Å². The van der Waals surface area contributed by atoms with Crippen molar-refractivity contribution in [3.63, 3.8) is 0 Å². The molecule has 6 rings (SSSR count). The maximum absolute atomic E-state index is 12.9. The van der Waals surface area contributed by atoms with Crippen LogP contribution < -0.4 is 0 Å². The number of rotatable bonds is 5. The molecule has 5 aliphatic rings. The van der Waals surface area contributed by atoms with Crippen LogP contribution >= 0.6 is 0 Å². The highest BCUT2D eigenvalue weighted by atomic mass is 16.5. The molecule has 0 atom stereocenters. The van der Waals surface area contributed by atoms with Gasteiger partial charge in [-0.3, -0.25) is 14.5 Å². The van der Waals surface area contributed by atoms with Crippen molar-refractivity contribution in [1.29, 1.82) is 0 Å². The number of carbonyl (C=O) groups is 2. The first-order chi connectivity index (χ1) is 14.1. The highest BCUT2D eigenvalue weighted by Gasteiger charge is 2.55. The third-order valence-electron chi connectivity index (χ3n) is 7.77. The van der Waals surface area contributed by atoms with Gasteiger partial charge in [0.25, 0.3) is 5.91 Å².